The summed E-state index contributed by atoms with van der Waals surface area (Å²) in [5.74, 6) is -0.0534. The molecule has 0 saturated carbocycles. The molecule has 0 aromatic heterocycles. The largest absolute Gasteiger partial charge is 0.369 e. The third-order valence-corrected chi connectivity index (χ3v) is 2.67. The van der Waals surface area contributed by atoms with E-state index in [1.807, 2.05) is 24.3 Å². The zero-order chi connectivity index (χ0) is 11.4. The predicted octanol–water partition coefficient (Wildman–Crippen LogP) is 0.375. The molecule has 4 heteroatoms. The summed E-state index contributed by atoms with van der Waals surface area (Å²) < 4.78 is 5.19. The molecule has 1 aliphatic heterocycles. The summed E-state index contributed by atoms with van der Waals surface area (Å²) in [7, 11) is 0. The van der Waals surface area contributed by atoms with Gasteiger partial charge >= 0.3 is 0 Å². The maximum absolute atomic E-state index is 11.2. The van der Waals surface area contributed by atoms with Crippen molar-refractivity contribution in [2.24, 2.45) is 5.73 Å². The van der Waals surface area contributed by atoms with Gasteiger partial charge in [-0.05, 0) is 24.1 Å². The van der Waals surface area contributed by atoms with E-state index in [0.29, 0.717) is 13.2 Å². The molecule has 0 bridgehead atoms. The first kappa shape index (κ1) is 11.1. The average Bonchev–Trinajstić information content (AvgIpc) is 2.30. The molecule has 1 aromatic rings. The minimum Gasteiger partial charge on any atom is -0.369 e. The first-order chi connectivity index (χ1) is 7.79. The molecule has 1 fully saturated rings. The van der Waals surface area contributed by atoms with E-state index in [0.717, 1.165) is 12.0 Å². The van der Waals surface area contributed by atoms with Crippen molar-refractivity contribution in [2.75, 3.05) is 19.8 Å². The van der Waals surface area contributed by atoms with E-state index < -0.39 is 0 Å². The molecule has 1 unspecified atom stereocenters. The van der Waals surface area contributed by atoms with E-state index in [9.17, 15) is 4.79 Å². The van der Waals surface area contributed by atoms with Crippen molar-refractivity contribution < 1.29 is 9.53 Å². The average molecular weight is 220 g/mol. The Labute approximate surface area is 94.8 Å². The summed E-state index contributed by atoms with van der Waals surface area (Å²) in [6.45, 7) is 1.37. The van der Waals surface area contributed by atoms with E-state index in [1.54, 1.807) is 0 Å². The second-order valence-corrected chi connectivity index (χ2v) is 3.92. The molecule has 0 aliphatic carbocycles. The maximum Gasteiger partial charge on any atom is 0.246 e. The van der Waals surface area contributed by atoms with Crippen molar-refractivity contribution in [3.63, 3.8) is 0 Å². The van der Waals surface area contributed by atoms with Crippen molar-refractivity contribution in [1.82, 2.24) is 5.32 Å². The molecule has 16 heavy (non-hydrogen) atoms. The smallest absolute Gasteiger partial charge is 0.246 e. The molecule has 1 atom stereocenters. The van der Waals surface area contributed by atoms with Gasteiger partial charge in [-0.3, -0.25) is 4.79 Å². The Bertz CT molecular complexity index is 362. The minimum atomic E-state index is -0.0534. The minimum absolute atomic E-state index is 0.0202. The Balaban J connectivity index is 2.05. The predicted molar refractivity (Wildman–Crippen MR) is 60.9 cm³/mol. The lowest BCUT2D eigenvalue weighted by Gasteiger charge is -2.23. The van der Waals surface area contributed by atoms with Gasteiger partial charge in [-0.1, -0.05) is 24.3 Å². The van der Waals surface area contributed by atoms with Gasteiger partial charge in [0, 0.05) is 0 Å². The number of morpholine rings is 1. The van der Waals surface area contributed by atoms with Crippen molar-refractivity contribution in [1.29, 1.82) is 0 Å². The quantitative estimate of drug-likeness (QED) is 0.773. The highest BCUT2D eigenvalue weighted by Gasteiger charge is 2.19. The highest BCUT2D eigenvalue weighted by atomic mass is 16.5. The summed E-state index contributed by atoms with van der Waals surface area (Å²) in [6.07, 6.45) is 0.883. The van der Waals surface area contributed by atoms with Crippen molar-refractivity contribution in [3.8, 4) is 0 Å². The number of nitrogens with one attached hydrogen (secondary N) is 1. The molecular weight excluding hydrogens is 204 g/mol. The summed E-state index contributed by atoms with van der Waals surface area (Å²) in [5.41, 5.74) is 7.78. The van der Waals surface area contributed by atoms with Crippen LogP contribution in [0.25, 0.3) is 0 Å². The fraction of sp³-hybridized carbons (Fsp3) is 0.417. The highest BCUT2D eigenvalue weighted by molar-refractivity contribution is 5.78. The van der Waals surface area contributed by atoms with Crippen LogP contribution in [0, 0.1) is 0 Å². The summed E-state index contributed by atoms with van der Waals surface area (Å²) in [5, 5.41) is 2.90. The Morgan fingerprint density at radius 2 is 2.12 bits per heavy atom. The van der Waals surface area contributed by atoms with E-state index >= 15 is 0 Å². The van der Waals surface area contributed by atoms with Crippen LogP contribution in [0.4, 0.5) is 0 Å². The van der Waals surface area contributed by atoms with Crippen LogP contribution in [0.2, 0.25) is 0 Å². The highest BCUT2D eigenvalue weighted by Crippen LogP contribution is 2.16. The molecule has 1 aliphatic rings. The van der Waals surface area contributed by atoms with Gasteiger partial charge < -0.3 is 15.8 Å². The van der Waals surface area contributed by atoms with Crippen molar-refractivity contribution in [2.45, 2.75) is 12.5 Å². The fourth-order valence-electron chi connectivity index (χ4n) is 1.81. The Kier molecular flexibility index (Phi) is 3.54. The Morgan fingerprint density at radius 3 is 2.75 bits per heavy atom. The normalized spacial score (nSPS) is 20.6. The lowest BCUT2D eigenvalue weighted by Crippen LogP contribution is -2.39. The van der Waals surface area contributed by atoms with Crippen LogP contribution < -0.4 is 11.1 Å². The van der Waals surface area contributed by atoms with Crippen LogP contribution in [0.15, 0.2) is 24.3 Å². The van der Waals surface area contributed by atoms with Crippen LogP contribution in [0.1, 0.15) is 17.2 Å². The number of benzene rings is 1. The maximum atomic E-state index is 11.2. The van der Waals surface area contributed by atoms with Gasteiger partial charge in [0.2, 0.25) is 5.91 Å². The van der Waals surface area contributed by atoms with E-state index in [1.165, 1.54) is 5.56 Å². The number of hydrogen-bond donors (Lipinski definition) is 2. The molecule has 1 aromatic carbocycles. The summed E-state index contributed by atoms with van der Waals surface area (Å²) in [6, 6.07) is 8.11. The number of carbonyl (C=O) groups is 1. The standard InChI is InChI=1S/C12H16N2O2/c13-6-5-9-1-3-10(4-2-9)11-7-16-8-12(15)14-11/h1-4,11H,5-8,13H2,(H,14,15). The first-order valence-corrected chi connectivity index (χ1v) is 5.45. The number of rotatable bonds is 3. The van der Waals surface area contributed by atoms with E-state index in [-0.39, 0.29) is 18.6 Å². The van der Waals surface area contributed by atoms with Gasteiger partial charge in [0.25, 0.3) is 0 Å². The van der Waals surface area contributed by atoms with Crippen LogP contribution in [0.5, 0.6) is 0 Å². The summed E-state index contributed by atoms with van der Waals surface area (Å²) >= 11 is 0. The number of ether oxygens (including phenoxy) is 1. The van der Waals surface area contributed by atoms with Crippen molar-refractivity contribution >= 4 is 5.91 Å². The molecular formula is C12H16N2O2. The van der Waals surface area contributed by atoms with Gasteiger partial charge in [-0.25, -0.2) is 0 Å². The van der Waals surface area contributed by atoms with Crippen molar-refractivity contribution in [3.05, 3.63) is 35.4 Å². The van der Waals surface area contributed by atoms with Crippen LogP contribution >= 0.6 is 0 Å². The Morgan fingerprint density at radius 1 is 1.38 bits per heavy atom. The molecule has 0 spiro atoms. The van der Waals surface area contributed by atoms with E-state index in [4.69, 9.17) is 10.5 Å². The molecule has 1 heterocycles. The van der Waals surface area contributed by atoms with Gasteiger partial charge in [0.05, 0.1) is 12.6 Å². The number of amides is 1. The second kappa shape index (κ2) is 5.09. The topological polar surface area (TPSA) is 64.3 Å². The molecule has 3 N–H and O–H groups in total. The summed E-state index contributed by atoms with van der Waals surface area (Å²) in [4.78, 5) is 11.2. The molecule has 4 nitrogen and oxygen atoms in total. The second-order valence-electron chi connectivity index (χ2n) is 3.92. The van der Waals surface area contributed by atoms with Crippen LogP contribution in [-0.4, -0.2) is 25.7 Å². The van der Waals surface area contributed by atoms with Gasteiger partial charge in [0.1, 0.15) is 6.61 Å². The molecule has 1 amide bonds. The van der Waals surface area contributed by atoms with Gasteiger partial charge in [-0.2, -0.15) is 0 Å². The molecule has 86 valence electrons. The zero-order valence-electron chi connectivity index (χ0n) is 9.11. The number of carbonyl (C=O) groups excluding carboxylic acids is 1. The lowest BCUT2D eigenvalue weighted by atomic mass is 10.0. The lowest BCUT2D eigenvalue weighted by molar-refractivity contribution is -0.131. The third kappa shape index (κ3) is 2.59. The molecule has 1 saturated heterocycles. The molecule has 2 rings (SSSR count). The monoisotopic (exact) mass is 220 g/mol. The van der Waals surface area contributed by atoms with Gasteiger partial charge in [0.15, 0.2) is 0 Å². The fourth-order valence-corrected chi connectivity index (χ4v) is 1.81. The Hall–Kier alpha value is -1.39. The van der Waals surface area contributed by atoms with Gasteiger partial charge in [-0.15, -0.1) is 0 Å². The number of nitrogens with two attached hydrogens (primary N) is 1. The zero-order valence-corrected chi connectivity index (χ0v) is 9.11. The van der Waals surface area contributed by atoms with Crippen LogP contribution in [0.3, 0.4) is 0 Å². The first-order valence-electron chi connectivity index (χ1n) is 5.45. The van der Waals surface area contributed by atoms with E-state index in [2.05, 4.69) is 5.32 Å². The molecule has 0 radical (unpaired) electrons. The number of hydrogen-bond acceptors (Lipinski definition) is 3. The van der Waals surface area contributed by atoms with Crippen LogP contribution in [-0.2, 0) is 16.0 Å². The third-order valence-electron chi connectivity index (χ3n) is 2.67. The SMILES string of the molecule is NCCc1ccc(C2COCC(=O)N2)cc1.